The summed E-state index contributed by atoms with van der Waals surface area (Å²) in [4.78, 5) is 0. The maximum Gasteiger partial charge on any atom is 0.142 e. The summed E-state index contributed by atoms with van der Waals surface area (Å²) in [5, 5.41) is 7.82. The molecular weight excluding hydrogens is 254 g/mol. The van der Waals surface area contributed by atoms with Crippen LogP contribution in [-0.2, 0) is 7.05 Å². The summed E-state index contributed by atoms with van der Waals surface area (Å²) in [6.07, 6.45) is 2.03. The average molecular weight is 275 g/mol. The van der Waals surface area contributed by atoms with Crippen LogP contribution in [0, 0.1) is 6.92 Å². The number of ether oxygens (including phenoxy) is 2. The Labute approximate surface area is 119 Å². The van der Waals surface area contributed by atoms with Gasteiger partial charge in [0, 0.05) is 24.9 Å². The number of nitrogens with one attached hydrogen (secondary N) is 1. The number of methoxy groups -OCH3 is 2. The van der Waals surface area contributed by atoms with Gasteiger partial charge in [-0.05, 0) is 26.0 Å². The van der Waals surface area contributed by atoms with E-state index in [0.29, 0.717) is 0 Å². The van der Waals surface area contributed by atoms with Crippen LogP contribution in [0.15, 0.2) is 24.4 Å². The summed E-state index contributed by atoms with van der Waals surface area (Å²) in [7, 11) is 5.24. The van der Waals surface area contributed by atoms with E-state index in [1.54, 1.807) is 14.2 Å². The minimum absolute atomic E-state index is 0.129. The summed E-state index contributed by atoms with van der Waals surface area (Å²) in [5.74, 6) is 1.59. The fraction of sp³-hybridized carbons (Fsp3) is 0.400. The number of nitrogens with zero attached hydrogens (tertiary/aromatic N) is 2. The van der Waals surface area contributed by atoms with Gasteiger partial charge in [0.1, 0.15) is 11.5 Å². The van der Waals surface area contributed by atoms with Crippen molar-refractivity contribution in [2.24, 2.45) is 7.05 Å². The molecule has 1 aromatic carbocycles. The van der Waals surface area contributed by atoms with Gasteiger partial charge in [0.15, 0.2) is 0 Å². The van der Waals surface area contributed by atoms with Crippen molar-refractivity contribution in [2.45, 2.75) is 19.9 Å². The van der Waals surface area contributed by atoms with E-state index < -0.39 is 0 Å². The zero-order valence-electron chi connectivity index (χ0n) is 12.6. The Kier molecular flexibility index (Phi) is 4.17. The third-order valence-electron chi connectivity index (χ3n) is 3.30. The SMILES string of the molecule is COc1ccc(OC)c(NC(C)c2cn(C)nc2C)c1. The van der Waals surface area contributed by atoms with Gasteiger partial charge in [-0.15, -0.1) is 0 Å². The molecule has 2 rings (SSSR count). The van der Waals surface area contributed by atoms with Crippen LogP contribution in [0.3, 0.4) is 0 Å². The van der Waals surface area contributed by atoms with Gasteiger partial charge in [0.05, 0.1) is 31.6 Å². The minimum atomic E-state index is 0.129. The van der Waals surface area contributed by atoms with Crippen LogP contribution >= 0.6 is 0 Å². The summed E-state index contributed by atoms with van der Waals surface area (Å²) >= 11 is 0. The lowest BCUT2D eigenvalue weighted by molar-refractivity contribution is 0.404. The Balaban J connectivity index is 2.26. The molecule has 0 radical (unpaired) electrons. The third kappa shape index (κ3) is 2.87. The van der Waals surface area contributed by atoms with Crippen molar-refractivity contribution in [1.29, 1.82) is 0 Å². The van der Waals surface area contributed by atoms with E-state index in [0.717, 1.165) is 28.4 Å². The molecule has 1 N–H and O–H groups in total. The summed E-state index contributed by atoms with van der Waals surface area (Å²) in [6.45, 7) is 4.11. The van der Waals surface area contributed by atoms with E-state index in [9.17, 15) is 0 Å². The van der Waals surface area contributed by atoms with E-state index in [4.69, 9.17) is 9.47 Å². The molecule has 5 nitrogen and oxygen atoms in total. The maximum atomic E-state index is 5.38. The number of rotatable bonds is 5. The number of aromatic nitrogens is 2. The van der Waals surface area contributed by atoms with E-state index in [1.807, 2.05) is 43.0 Å². The summed E-state index contributed by atoms with van der Waals surface area (Å²) in [5.41, 5.74) is 3.09. The Hall–Kier alpha value is -2.17. The maximum absolute atomic E-state index is 5.38. The van der Waals surface area contributed by atoms with Gasteiger partial charge in [-0.25, -0.2) is 0 Å². The molecule has 2 aromatic rings. The number of hydrogen-bond donors (Lipinski definition) is 1. The normalized spacial score (nSPS) is 12.1. The highest BCUT2D eigenvalue weighted by atomic mass is 16.5. The fourth-order valence-electron chi connectivity index (χ4n) is 2.28. The zero-order valence-corrected chi connectivity index (χ0v) is 12.6. The molecule has 1 aromatic heterocycles. The van der Waals surface area contributed by atoms with E-state index in [1.165, 1.54) is 0 Å². The van der Waals surface area contributed by atoms with E-state index in [-0.39, 0.29) is 6.04 Å². The second kappa shape index (κ2) is 5.86. The molecule has 5 heteroatoms. The van der Waals surface area contributed by atoms with Gasteiger partial charge < -0.3 is 14.8 Å². The summed E-state index contributed by atoms with van der Waals surface area (Å²) in [6, 6.07) is 5.83. The first-order chi connectivity index (χ1) is 9.55. The quantitative estimate of drug-likeness (QED) is 0.911. The Bertz CT molecular complexity index is 593. The molecule has 0 aliphatic carbocycles. The van der Waals surface area contributed by atoms with Crippen molar-refractivity contribution in [1.82, 2.24) is 9.78 Å². The molecule has 20 heavy (non-hydrogen) atoms. The monoisotopic (exact) mass is 275 g/mol. The molecular formula is C15H21N3O2. The number of aryl methyl sites for hydroxylation is 2. The molecule has 0 aliphatic rings. The van der Waals surface area contributed by atoms with Gasteiger partial charge in [-0.3, -0.25) is 4.68 Å². The molecule has 0 aliphatic heterocycles. The van der Waals surface area contributed by atoms with Gasteiger partial charge in [-0.2, -0.15) is 5.10 Å². The Morgan fingerprint density at radius 3 is 2.55 bits per heavy atom. The Morgan fingerprint density at radius 1 is 1.25 bits per heavy atom. The molecule has 1 atom stereocenters. The predicted octanol–water partition coefficient (Wildman–Crippen LogP) is 2.92. The van der Waals surface area contributed by atoms with Crippen LogP contribution in [-0.4, -0.2) is 24.0 Å². The number of hydrogen-bond acceptors (Lipinski definition) is 4. The molecule has 0 saturated heterocycles. The highest BCUT2D eigenvalue weighted by molar-refractivity contribution is 5.60. The standard InChI is InChI=1S/C15H21N3O2/c1-10(13-9-18(3)17-11(13)2)16-14-8-12(19-4)6-7-15(14)20-5/h6-10,16H,1-5H3. The molecule has 0 bridgehead atoms. The predicted molar refractivity (Wildman–Crippen MR) is 79.5 cm³/mol. The second-order valence-electron chi connectivity index (χ2n) is 4.78. The first kappa shape index (κ1) is 14.2. The van der Waals surface area contributed by atoms with Crippen LogP contribution in [0.25, 0.3) is 0 Å². The largest absolute Gasteiger partial charge is 0.497 e. The molecule has 1 unspecified atom stereocenters. The van der Waals surface area contributed by atoms with Crippen molar-refractivity contribution >= 4 is 5.69 Å². The third-order valence-corrected chi connectivity index (χ3v) is 3.30. The highest BCUT2D eigenvalue weighted by Gasteiger charge is 2.14. The van der Waals surface area contributed by atoms with Crippen molar-refractivity contribution in [3.63, 3.8) is 0 Å². The molecule has 0 saturated carbocycles. The van der Waals surface area contributed by atoms with Crippen LogP contribution in [0.1, 0.15) is 24.2 Å². The van der Waals surface area contributed by atoms with Crippen LogP contribution in [0.2, 0.25) is 0 Å². The lowest BCUT2D eigenvalue weighted by atomic mass is 10.1. The lowest BCUT2D eigenvalue weighted by Gasteiger charge is -2.18. The topological polar surface area (TPSA) is 48.3 Å². The van der Waals surface area contributed by atoms with Crippen molar-refractivity contribution in [2.75, 3.05) is 19.5 Å². The van der Waals surface area contributed by atoms with E-state index in [2.05, 4.69) is 17.3 Å². The van der Waals surface area contributed by atoms with Gasteiger partial charge >= 0.3 is 0 Å². The fourth-order valence-corrected chi connectivity index (χ4v) is 2.28. The average Bonchev–Trinajstić information content (AvgIpc) is 2.77. The highest BCUT2D eigenvalue weighted by Crippen LogP contribution is 2.32. The molecule has 0 spiro atoms. The first-order valence-electron chi connectivity index (χ1n) is 6.54. The molecule has 0 fully saturated rings. The summed E-state index contributed by atoms with van der Waals surface area (Å²) < 4.78 is 12.5. The lowest BCUT2D eigenvalue weighted by Crippen LogP contribution is -2.08. The zero-order chi connectivity index (χ0) is 14.7. The van der Waals surface area contributed by atoms with Gasteiger partial charge in [0.25, 0.3) is 0 Å². The van der Waals surface area contributed by atoms with Crippen molar-refractivity contribution in [3.8, 4) is 11.5 Å². The second-order valence-corrected chi connectivity index (χ2v) is 4.78. The van der Waals surface area contributed by atoms with Crippen molar-refractivity contribution in [3.05, 3.63) is 35.7 Å². The minimum Gasteiger partial charge on any atom is -0.497 e. The van der Waals surface area contributed by atoms with Crippen LogP contribution in [0.5, 0.6) is 11.5 Å². The first-order valence-corrected chi connectivity index (χ1v) is 6.54. The Morgan fingerprint density at radius 2 is 2.00 bits per heavy atom. The molecule has 1 heterocycles. The molecule has 0 amide bonds. The van der Waals surface area contributed by atoms with Crippen LogP contribution in [0.4, 0.5) is 5.69 Å². The van der Waals surface area contributed by atoms with Crippen molar-refractivity contribution < 1.29 is 9.47 Å². The smallest absolute Gasteiger partial charge is 0.142 e. The number of benzene rings is 1. The van der Waals surface area contributed by atoms with E-state index >= 15 is 0 Å². The van der Waals surface area contributed by atoms with Crippen LogP contribution < -0.4 is 14.8 Å². The van der Waals surface area contributed by atoms with Gasteiger partial charge in [0.2, 0.25) is 0 Å². The molecule has 108 valence electrons. The van der Waals surface area contributed by atoms with Gasteiger partial charge in [-0.1, -0.05) is 0 Å². The number of anilines is 1.